The van der Waals surface area contributed by atoms with Crippen molar-refractivity contribution in [2.75, 3.05) is 5.09 Å². The predicted octanol–water partition coefficient (Wildman–Crippen LogP) is 3.51. The molecule has 0 heterocycles. The van der Waals surface area contributed by atoms with Gasteiger partial charge in [0.1, 0.15) is 0 Å². The highest BCUT2D eigenvalue weighted by atomic mass is 127. The van der Waals surface area contributed by atoms with Gasteiger partial charge < -0.3 is 10.5 Å². The van der Waals surface area contributed by atoms with Gasteiger partial charge in [0.05, 0.1) is 5.02 Å². The first-order valence-electron chi connectivity index (χ1n) is 3.64. The van der Waals surface area contributed by atoms with Crippen LogP contribution in [0, 0.1) is 5.41 Å². The van der Waals surface area contributed by atoms with E-state index in [1.54, 1.807) is 12.1 Å². The van der Waals surface area contributed by atoms with Crippen LogP contribution in [-0.4, -0.2) is 12.5 Å². The second-order valence-electron chi connectivity index (χ2n) is 2.40. The van der Waals surface area contributed by atoms with E-state index in [4.69, 9.17) is 17.0 Å². The Hall–Kier alpha value is -0.190. The van der Waals surface area contributed by atoms with Crippen LogP contribution in [0.5, 0.6) is 0 Å². The summed E-state index contributed by atoms with van der Waals surface area (Å²) in [5.74, 6) is 0. The van der Waals surface area contributed by atoms with Crippen LogP contribution in [0.3, 0.4) is 0 Å². The molecule has 14 heavy (non-hydrogen) atoms. The lowest BCUT2D eigenvalue weighted by atomic mass is 10.1. The number of hydrogen-bond donors (Lipinski definition) is 2. The molecule has 1 aromatic rings. The van der Waals surface area contributed by atoms with Gasteiger partial charge in [0.2, 0.25) is 0 Å². The molecule has 0 saturated heterocycles. The molecule has 0 spiro atoms. The Morgan fingerprint density at radius 3 is 2.71 bits per heavy atom. The molecule has 6 heteroatoms. The molecule has 2 N–H and O–H groups in total. The smallest absolute Gasteiger partial charge is 0.152 e. The highest BCUT2D eigenvalue weighted by molar-refractivity contribution is 14.2. The number of halogens is 2. The van der Waals surface area contributed by atoms with E-state index < -0.39 is 0 Å². The summed E-state index contributed by atoms with van der Waals surface area (Å²) in [4.78, 5) is 10.7. The number of carbonyl (C=O) groups is 1. The fourth-order valence-electron chi connectivity index (χ4n) is 1.04. The SMILES string of the molecule is N=Cc1c(NPI)ccc(Cl)c1C=O. The Bertz CT molecular complexity index is 373. The van der Waals surface area contributed by atoms with Crippen molar-refractivity contribution < 1.29 is 4.79 Å². The van der Waals surface area contributed by atoms with E-state index in [0.717, 1.165) is 11.9 Å². The van der Waals surface area contributed by atoms with Crippen LogP contribution in [0.2, 0.25) is 5.02 Å². The molecule has 0 aromatic heterocycles. The lowest BCUT2D eigenvalue weighted by Crippen LogP contribution is -1.97. The van der Waals surface area contributed by atoms with E-state index in [9.17, 15) is 4.79 Å². The minimum Gasteiger partial charge on any atom is -0.358 e. The van der Waals surface area contributed by atoms with Crippen LogP contribution in [0.15, 0.2) is 12.1 Å². The number of benzene rings is 1. The minimum atomic E-state index is 0.362. The molecule has 0 aliphatic carbocycles. The zero-order chi connectivity index (χ0) is 10.6. The summed E-state index contributed by atoms with van der Waals surface area (Å²) in [6, 6.07) is 3.42. The molecule has 1 rings (SSSR count). The fourth-order valence-corrected chi connectivity index (χ4v) is 2.45. The number of nitrogens with one attached hydrogen (secondary N) is 2. The van der Waals surface area contributed by atoms with Crippen molar-refractivity contribution in [3.8, 4) is 0 Å². The quantitative estimate of drug-likeness (QED) is 0.381. The lowest BCUT2D eigenvalue weighted by Gasteiger charge is -2.09. The van der Waals surface area contributed by atoms with Crippen molar-refractivity contribution in [1.82, 2.24) is 0 Å². The second-order valence-corrected chi connectivity index (χ2v) is 4.87. The molecule has 74 valence electrons. The van der Waals surface area contributed by atoms with E-state index >= 15 is 0 Å². The Balaban J connectivity index is 3.32. The average Bonchev–Trinajstić information content (AvgIpc) is 2.20. The number of aldehydes is 1. The fraction of sp³-hybridized carbons (Fsp3) is 0. The van der Waals surface area contributed by atoms with Crippen molar-refractivity contribution in [3.63, 3.8) is 0 Å². The molecule has 0 radical (unpaired) electrons. The third-order valence-corrected chi connectivity index (χ3v) is 3.18. The summed E-state index contributed by atoms with van der Waals surface area (Å²) in [5, 5.41) is 10.7. The lowest BCUT2D eigenvalue weighted by molar-refractivity contribution is 0.112. The summed E-state index contributed by atoms with van der Waals surface area (Å²) >= 11 is 8.00. The molecule has 0 saturated carbocycles. The first-order valence-corrected chi connectivity index (χ1v) is 8.13. The van der Waals surface area contributed by atoms with Crippen LogP contribution in [0.1, 0.15) is 15.9 Å². The normalized spacial score (nSPS) is 10.4. The number of carbonyl (C=O) groups excluding carboxylic acids is 1. The molecule has 1 unspecified atom stereocenters. The van der Waals surface area contributed by atoms with Crippen molar-refractivity contribution in [1.29, 1.82) is 5.41 Å². The van der Waals surface area contributed by atoms with E-state index in [2.05, 4.69) is 27.1 Å². The Labute approximate surface area is 101 Å². The highest BCUT2D eigenvalue weighted by Gasteiger charge is 2.09. The molecular weight excluding hydrogens is 333 g/mol. The van der Waals surface area contributed by atoms with Crippen LogP contribution >= 0.6 is 40.0 Å². The van der Waals surface area contributed by atoms with Gasteiger partial charge in [0.25, 0.3) is 0 Å². The van der Waals surface area contributed by atoms with Crippen molar-refractivity contribution in [2.24, 2.45) is 0 Å². The summed E-state index contributed by atoms with van der Waals surface area (Å²) in [5.41, 5.74) is 1.66. The Morgan fingerprint density at radius 2 is 2.21 bits per heavy atom. The molecule has 0 amide bonds. The molecule has 1 atom stereocenters. The van der Waals surface area contributed by atoms with Gasteiger partial charge in [-0.15, -0.1) is 0 Å². The standard InChI is InChI=1S/C8H7ClIN2OP/c9-7-1-2-8(12-14-10)5(3-11)6(7)4-13/h1-4,11-12,14H. The van der Waals surface area contributed by atoms with Crippen LogP contribution in [-0.2, 0) is 0 Å². The third-order valence-electron chi connectivity index (χ3n) is 1.68. The molecular formula is C8H7ClIN2OP. The summed E-state index contributed by atoms with van der Waals surface area (Å²) < 4.78 is 0. The van der Waals surface area contributed by atoms with Crippen LogP contribution in [0.25, 0.3) is 0 Å². The summed E-state index contributed by atoms with van der Waals surface area (Å²) in [6.07, 6.45) is 2.29. The van der Waals surface area contributed by atoms with Gasteiger partial charge in [-0.05, 0) is 34.2 Å². The summed E-state index contributed by atoms with van der Waals surface area (Å²) in [6.45, 7) is 0. The number of anilines is 1. The summed E-state index contributed by atoms with van der Waals surface area (Å²) in [7, 11) is 0. The van der Waals surface area contributed by atoms with Crippen LogP contribution < -0.4 is 5.09 Å². The Kier molecular flexibility index (Phi) is 4.78. The van der Waals surface area contributed by atoms with Gasteiger partial charge in [-0.3, -0.25) is 4.79 Å². The zero-order valence-corrected chi connectivity index (χ0v) is 10.9. The molecule has 1 aromatic carbocycles. The van der Waals surface area contributed by atoms with Crippen molar-refractivity contribution in [3.05, 3.63) is 28.3 Å². The maximum absolute atomic E-state index is 10.7. The maximum atomic E-state index is 10.7. The number of rotatable bonds is 4. The molecule has 0 bridgehead atoms. The first-order chi connectivity index (χ1) is 6.74. The maximum Gasteiger partial charge on any atom is 0.152 e. The largest absolute Gasteiger partial charge is 0.358 e. The van der Waals surface area contributed by atoms with Gasteiger partial charge in [0.15, 0.2) is 6.29 Å². The topological polar surface area (TPSA) is 53.0 Å². The highest BCUT2D eigenvalue weighted by Crippen LogP contribution is 2.30. The van der Waals surface area contributed by atoms with Gasteiger partial charge in [-0.2, -0.15) is 0 Å². The van der Waals surface area contributed by atoms with E-state index in [1.807, 2.05) is 0 Å². The van der Waals surface area contributed by atoms with Crippen LogP contribution in [0.4, 0.5) is 5.69 Å². The van der Waals surface area contributed by atoms with Gasteiger partial charge in [0, 0.05) is 29.4 Å². The molecule has 0 fully saturated rings. The predicted molar refractivity (Wildman–Crippen MR) is 70.7 cm³/mol. The van der Waals surface area contributed by atoms with E-state index in [1.165, 1.54) is 0 Å². The van der Waals surface area contributed by atoms with Gasteiger partial charge in [-0.1, -0.05) is 11.6 Å². The van der Waals surface area contributed by atoms with E-state index in [0.29, 0.717) is 28.8 Å². The van der Waals surface area contributed by atoms with Gasteiger partial charge >= 0.3 is 0 Å². The monoisotopic (exact) mass is 340 g/mol. The van der Waals surface area contributed by atoms with Crippen molar-refractivity contribution in [2.45, 2.75) is 0 Å². The third kappa shape index (κ3) is 2.43. The average molecular weight is 340 g/mol. The molecule has 3 nitrogen and oxygen atoms in total. The van der Waals surface area contributed by atoms with Gasteiger partial charge in [-0.25, -0.2) is 0 Å². The first kappa shape index (κ1) is 11.9. The van der Waals surface area contributed by atoms with Crippen molar-refractivity contribution >= 4 is 58.2 Å². The minimum absolute atomic E-state index is 0.362. The second kappa shape index (κ2) is 5.63. The number of hydrogen-bond acceptors (Lipinski definition) is 3. The molecule has 0 aliphatic heterocycles. The van der Waals surface area contributed by atoms with E-state index in [-0.39, 0.29) is 0 Å². The molecule has 0 aliphatic rings. The zero-order valence-electron chi connectivity index (χ0n) is 6.97. The Morgan fingerprint density at radius 1 is 1.50 bits per heavy atom.